The Labute approximate surface area is 96.9 Å². The Morgan fingerprint density at radius 3 is 2.38 bits per heavy atom. The van der Waals surface area contributed by atoms with Crippen LogP contribution in [0.25, 0.3) is 11.0 Å². The fourth-order valence-electron chi connectivity index (χ4n) is 1.03. The maximum atomic E-state index is 11.1. The van der Waals surface area contributed by atoms with Crippen LogP contribution in [0.2, 0.25) is 0 Å². The number of halogens is 1. The smallest absolute Gasteiger partial charge is 0.402 e. The molecule has 2 rings (SSSR count). The minimum Gasteiger partial charge on any atom is -0.465 e. The first-order valence-electron chi connectivity index (χ1n) is 4.06. The van der Waals surface area contributed by atoms with Crippen molar-refractivity contribution in [2.24, 2.45) is 5.73 Å². The van der Waals surface area contributed by atoms with Crippen LogP contribution in [0.3, 0.4) is 0 Å². The topological polar surface area (TPSA) is 93.5 Å². The van der Waals surface area contributed by atoms with Gasteiger partial charge >= 0.3 is 6.09 Å². The number of carboxylic acid groups (broad SMARTS) is 1. The molecular formula is C10H10ClNO4. The lowest BCUT2D eigenvalue weighted by Crippen LogP contribution is -2.03. The number of rotatable bonds is 0. The molecule has 1 amide bonds. The highest BCUT2D eigenvalue weighted by atomic mass is 35.5. The van der Waals surface area contributed by atoms with E-state index >= 15 is 0 Å². The number of nitrogens with two attached hydrogens (primary N) is 1. The summed E-state index contributed by atoms with van der Waals surface area (Å²) < 4.78 is 5.09. The number of benzene rings is 1. The van der Waals surface area contributed by atoms with E-state index in [1.807, 2.05) is 12.1 Å². The van der Waals surface area contributed by atoms with Gasteiger partial charge < -0.3 is 15.3 Å². The van der Waals surface area contributed by atoms with E-state index in [-0.39, 0.29) is 17.8 Å². The number of primary amides is 1. The van der Waals surface area contributed by atoms with Crippen LogP contribution in [0.4, 0.5) is 4.79 Å². The maximum Gasteiger partial charge on any atom is 0.402 e. The summed E-state index contributed by atoms with van der Waals surface area (Å²) in [6, 6.07) is 8.60. The highest BCUT2D eigenvalue weighted by Crippen LogP contribution is 2.06. The first-order valence-corrected chi connectivity index (χ1v) is 4.06. The number of para-hydroxylation sites is 1. The second-order valence-electron chi connectivity index (χ2n) is 2.62. The molecule has 0 radical (unpaired) electrons. The van der Waals surface area contributed by atoms with Gasteiger partial charge in [0.15, 0.2) is 5.43 Å². The van der Waals surface area contributed by atoms with Crippen LogP contribution in [0.15, 0.2) is 45.8 Å². The van der Waals surface area contributed by atoms with E-state index in [1.165, 1.54) is 12.3 Å². The Bertz CT molecular complexity index is 514. The lowest BCUT2D eigenvalue weighted by Gasteiger charge is -1.91. The molecule has 2 aromatic rings. The molecule has 0 unspecified atom stereocenters. The number of hydrogen-bond donors (Lipinski definition) is 2. The average Bonchev–Trinajstić information content (AvgIpc) is 2.18. The van der Waals surface area contributed by atoms with Crippen molar-refractivity contribution in [3.63, 3.8) is 0 Å². The molecule has 0 spiro atoms. The Morgan fingerprint density at radius 1 is 1.25 bits per heavy atom. The van der Waals surface area contributed by atoms with Gasteiger partial charge in [-0.25, -0.2) is 4.79 Å². The van der Waals surface area contributed by atoms with Gasteiger partial charge in [-0.05, 0) is 12.1 Å². The zero-order valence-corrected chi connectivity index (χ0v) is 8.94. The van der Waals surface area contributed by atoms with Crippen molar-refractivity contribution in [1.29, 1.82) is 0 Å². The second kappa shape index (κ2) is 6.47. The fraction of sp³-hybridized carbons (Fsp3) is 0. The maximum absolute atomic E-state index is 11.1. The summed E-state index contributed by atoms with van der Waals surface area (Å²) in [5, 5.41) is 7.83. The standard InChI is InChI=1S/C9H6O2.CH3NO2.ClH/c10-8-5-6-11-9-4-2-1-3-7(8)9;2-1(3)4;/h1-6H;2H2,(H,3,4);1H. The van der Waals surface area contributed by atoms with Crippen molar-refractivity contribution in [2.45, 2.75) is 0 Å². The molecule has 5 nitrogen and oxygen atoms in total. The van der Waals surface area contributed by atoms with Gasteiger partial charge in [0.05, 0.1) is 11.6 Å². The molecular weight excluding hydrogens is 234 g/mol. The molecule has 0 atom stereocenters. The third-order valence-electron chi connectivity index (χ3n) is 1.57. The van der Waals surface area contributed by atoms with Gasteiger partial charge in [0.25, 0.3) is 0 Å². The predicted octanol–water partition coefficient (Wildman–Crippen LogP) is 1.84. The summed E-state index contributed by atoms with van der Waals surface area (Å²) in [5.74, 6) is 0. The molecule has 1 aromatic carbocycles. The SMILES string of the molecule is Cl.NC(=O)O.O=c1ccoc2ccccc12. The summed E-state index contributed by atoms with van der Waals surface area (Å²) in [6.45, 7) is 0. The van der Waals surface area contributed by atoms with E-state index in [4.69, 9.17) is 14.3 Å². The van der Waals surface area contributed by atoms with Crippen LogP contribution in [0.5, 0.6) is 0 Å². The summed E-state index contributed by atoms with van der Waals surface area (Å²) in [7, 11) is 0. The van der Waals surface area contributed by atoms with Crippen LogP contribution in [0, 0.1) is 0 Å². The van der Waals surface area contributed by atoms with Crippen molar-refractivity contribution in [3.05, 3.63) is 46.8 Å². The summed E-state index contributed by atoms with van der Waals surface area (Å²) >= 11 is 0. The zero-order valence-electron chi connectivity index (χ0n) is 8.12. The molecule has 3 N–H and O–H groups in total. The largest absolute Gasteiger partial charge is 0.465 e. The lowest BCUT2D eigenvalue weighted by molar-refractivity contribution is 0.205. The molecule has 0 aliphatic carbocycles. The second-order valence-corrected chi connectivity index (χ2v) is 2.62. The van der Waals surface area contributed by atoms with E-state index < -0.39 is 6.09 Å². The Morgan fingerprint density at radius 2 is 1.81 bits per heavy atom. The van der Waals surface area contributed by atoms with Crippen LogP contribution in [-0.4, -0.2) is 11.2 Å². The minimum atomic E-state index is -1.33. The Balaban J connectivity index is 0.000000397. The van der Waals surface area contributed by atoms with Crippen molar-refractivity contribution in [2.75, 3.05) is 0 Å². The van der Waals surface area contributed by atoms with Crippen LogP contribution < -0.4 is 11.2 Å². The fourth-order valence-corrected chi connectivity index (χ4v) is 1.03. The zero-order chi connectivity index (χ0) is 11.3. The number of carbonyl (C=O) groups is 1. The molecule has 86 valence electrons. The van der Waals surface area contributed by atoms with Crippen molar-refractivity contribution >= 4 is 29.5 Å². The molecule has 16 heavy (non-hydrogen) atoms. The number of hydrogen-bond acceptors (Lipinski definition) is 3. The highest BCUT2D eigenvalue weighted by Gasteiger charge is 1.95. The predicted molar refractivity (Wildman–Crippen MR) is 61.9 cm³/mol. The molecule has 0 bridgehead atoms. The monoisotopic (exact) mass is 243 g/mol. The van der Waals surface area contributed by atoms with Crippen LogP contribution >= 0.6 is 12.4 Å². The van der Waals surface area contributed by atoms with Crippen molar-refractivity contribution < 1.29 is 14.3 Å². The van der Waals surface area contributed by atoms with Gasteiger partial charge in [0.2, 0.25) is 0 Å². The van der Waals surface area contributed by atoms with Gasteiger partial charge in [-0.3, -0.25) is 4.79 Å². The van der Waals surface area contributed by atoms with E-state index in [2.05, 4.69) is 5.73 Å². The summed E-state index contributed by atoms with van der Waals surface area (Å²) in [6.07, 6.45) is 0.0741. The lowest BCUT2D eigenvalue weighted by atomic mass is 10.2. The molecule has 6 heteroatoms. The normalized spacial score (nSPS) is 8.50. The highest BCUT2D eigenvalue weighted by molar-refractivity contribution is 5.85. The molecule has 1 aromatic heterocycles. The number of amides is 1. The van der Waals surface area contributed by atoms with E-state index in [9.17, 15) is 4.79 Å². The van der Waals surface area contributed by atoms with E-state index in [0.29, 0.717) is 11.0 Å². The van der Waals surface area contributed by atoms with Crippen LogP contribution in [-0.2, 0) is 0 Å². The first kappa shape index (κ1) is 14.0. The summed E-state index contributed by atoms with van der Waals surface area (Å²) in [5.41, 5.74) is 4.67. The first-order chi connectivity index (χ1) is 7.11. The molecule has 0 aliphatic heterocycles. The Kier molecular flexibility index (Phi) is 5.66. The molecule has 0 saturated heterocycles. The quantitative estimate of drug-likeness (QED) is 0.738. The molecule has 0 fully saturated rings. The Hall–Kier alpha value is -2.01. The molecule has 0 saturated carbocycles. The molecule has 1 heterocycles. The van der Waals surface area contributed by atoms with Gasteiger partial charge in [0.1, 0.15) is 5.58 Å². The average molecular weight is 244 g/mol. The van der Waals surface area contributed by atoms with Gasteiger partial charge in [0, 0.05) is 6.07 Å². The van der Waals surface area contributed by atoms with E-state index in [0.717, 1.165) is 0 Å². The van der Waals surface area contributed by atoms with Gasteiger partial charge in [-0.1, -0.05) is 12.1 Å². The van der Waals surface area contributed by atoms with Gasteiger partial charge in [-0.15, -0.1) is 12.4 Å². The third-order valence-corrected chi connectivity index (χ3v) is 1.57. The third kappa shape index (κ3) is 4.02. The number of fused-ring (bicyclic) bond motifs is 1. The molecule has 0 aliphatic rings. The van der Waals surface area contributed by atoms with Crippen LogP contribution in [0.1, 0.15) is 0 Å². The van der Waals surface area contributed by atoms with Gasteiger partial charge in [-0.2, -0.15) is 0 Å². The van der Waals surface area contributed by atoms with Crippen molar-refractivity contribution in [3.8, 4) is 0 Å². The van der Waals surface area contributed by atoms with E-state index in [1.54, 1.807) is 12.1 Å². The minimum absolute atomic E-state index is 0. The summed E-state index contributed by atoms with van der Waals surface area (Å²) in [4.78, 5) is 19.9. The van der Waals surface area contributed by atoms with Crippen molar-refractivity contribution in [1.82, 2.24) is 0 Å².